The van der Waals surface area contributed by atoms with E-state index in [0.717, 1.165) is 19.3 Å². The molecule has 6 heteroatoms. The van der Waals surface area contributed by atoms with Crippen LogP contribution in [0.2, 0.25) is 0 Å². The summed E-state index contributed by atoms with van der Waals surface area (Å²) < 4.78 is 0. The van der Waals surface area contributed by atoms with Crippen LogP contribution in [0.3, 0.4) is 0 Å². The fraction of sp³-hybridized carbons (Fsp3) is 0.600. The van der Waals surface area contributed by atoms with E-state index in [2.05, 4.69) is 12.2 Å². The molecule has 0 aliphatic heterocycles. The molecule has 21 heavy (non-hydrogen) atoms. The van der Waals surface area contributed by atoms with Gasteiger partial charge in [-0.05, 0) is 31.7 Å². The van der Waals surface area contributed by atoms with E-state index in [-0.39, 0.29) is 12.1 Å². The first-order valence-corrected chi connectivity index (χ1v) is 8.18. The van der Waals surface area contributed by atoms with Gasteiger partial charge < -0.3 is 15.3 Å². The maximum absolute atomic E-state index is 12.3. The number of carbonyl (C=O) groups is 2. The molecule has 1 atom stereocenters. The summed E-state index contributed by atoms with van der Waals surface area (Å²) in [5, 5.41) is 13.7. The summed E-state index contributed by atoms with van der Waals surface area (Å²) in [7, 11) is 0. The van der Waals surface area contributed by atoms with Crippen LogP contribution in [0.25, 0.3) is 0 Å². The SMILES string of the molecule is CCCCCN(C(=O)NC(C(=O)O)c1cccs1)C(C)C. The number of amides is 2. The molecule has 0 spiro atoms. The zero-order valence-corrected chi connectivity index (χ0v) is 13.7. The van der Waals surface area contributed by atoms with E-state index in [9.17, 15) is 14.7 Å². The van der Waals surface area contributed by atoms with Gasteiger partial charge in [-0.1, -0.05) is 25.8 Å². The van der Waals surface area contributed by atoms with E-state index in [4.69, 9.17) is 0 Å². The predicted octanol–water partition coefficient (Wildman–Crippen LogP) is 3.48. The molecule has 1 heterocycles. The minimum atomic E-state index is -1.04. The van der Waals surface area contributed by atoms with Crippen molar-refractivity contribution in [2.24, 2.45) is 0 Å². The van der Waals surface area contributed by atoms with Crippen molar-refractivity contribution in [3.63, 3.8) is 0 Å². The maximum atomic E-state index is 12.3. The Morgan fingerprint density at radius 3 is 2.57 bits per heavy atom. The molecule has 0 radical (unpaired) electrons. The number of nitrogens with one attached hydrogen (secondary N) is 1. The Morgan fingerprint density at radius 2 is 2.10 bits per heavy atom. The third kappa shape index (κ3) is 5.38. The number of thiophene rings is 1. The number of hydrogen-bond acceptors (Lipinski definition) is 3. The summed E-state index contributed by atoms with van der Waals surface area (Å²) >= 11 is 1.33. The van der Waals surface area contributed by atoms with Crippen molar-refractivity contribution in [3.8, 4) is 0 Å². The number of nitrogens with zero attached hydrogens (tertiary/aromatic N) is 1. The van der Waals surface area contributed by atoms with E-state index in [1.54, 1.807) is 22.4 Å². The third-order valence-corrected chi connectivity index (χ3v) is 4.17. The van der Waals surface area contributed by atoms with Crippen molar-refractivity contribution in [2.75, 3.05) is 6.54 Å². The van der Waals surface area contributed by atoms with Gasteiger partial charge in [0.15, 0.2) is 6.04 Å². The van der Waals surface area contributed by atoms with E-state index in [1.807, 2.05) is 13.8 Å². The lowest BCUT2D eigenvalue weighted by Crippen LogP contribution is -2.47. The molecular formula is C15H24N2O3S. The van der Waals surface area contributed by atoms with Gasteiger partial charge in [0.05, 0.1) is 0 Å². The van der Waals surface area contributed by atoms with Crippen LogP contribution in [0.5, 0.6) is 0 Å². The monoisotopic (exact) mass is 312 g/mol. The number of aliphatic carboxylic acids is 1. The number of urea groups is 1. The summed E-state index contributed by atoms with van der Waals surface area (Å²) in [6, 6.07) is 2.25. The van der Waals surface area contributed by atoms with Gasteiger partial charge in [-0.2, -0.15) is 0 Å². The lowest BCUT2D eigenvalue weighted by atomic mass is 10.2. The fourth-order valence-corrected chi connectivity index (χ4v) is 2.81. The summed E-state index contributed by atoms with van der Waals surface area (Å²) in [4.78, 5) is 26.0. The first kappa shape index (κ1) is 17.5. The van der Waals surface area contributed by atoms with Crippen LogP contribution >= 0.6 is 11.3 Å². The minimum absolute atomic E-state index is 0.0413. The molecule has 0 saturated heterocycles. The first-order valence-electron chi connectivity index (χ1n) is 7.30. The molecule has 1 aromatic heterocycles. The van der Waals surface area contributed by atoms with Gasteiger partial charge in [0.25, 0.3) is 0 Å². The second kappa shape index (κ2) is 8.67. The lowest BCUT2D eigenvalue weighted by Gasteiger charge is -2.28. The molecule has 0 fully saturated rings. The predicted molar refractivity (Wildman–Crippen MR) is 84.6 cm³/mol. The first-order chi connectivity index (χ1) is 9.97. The Balaban J connectivity index is 2.71. The number of hydrogen-bond donors (Lipinski definition) is 2. The number of carbonyl (C=O) groups excluding carboxylic acids is 1. The average Bonchev–Trinajstić information content (AvgIpc) is 2.93. The molecule has 118 valence electrons. The average molecular weight is 312 g/mol. The van der Waals surface area contributed by atoms with Crippen LogP contribution in [0, 0.1) is 0 Å². The van der Waals surface area contributed by atoms with Gasteiger partial charge >= 0.3 is 12.0 Å². The zero-order chi connectivity index (χ0) is 15.8. The van der Waals surface area contributed by atoms with Crippen LogP contribution in [0.15, 0.2) is 17.5 Å². The van der Waals surface area contributed by atoms with E-state index in [1.165, 1.54) is 11.3 Å². The summed E-state index contributed by atoms with van der Waals surface area (Å²) in [6.45, 7) is 6.63. The van der Waals surface area contributed by atoms with Crippen LogP contribution < -0.4 is 5.32 Å². The van der Waals surface area contributed by atoms with Crippen molar-refractivity contribution >= 4 is 23.3 Å². The van der Waals surface area contributed by atoms with Gasteiger partial charge in [0.1, 0.15) is 0 Å². The van der Waals surface area contributed by atoms with Crippen LogP contribution in [0.4, 0.5) is 4.79 Å². The number of carboxylic acids is 1. The van der Waals surface area contributed by atoms with Crippen molar-refractivity contribution in [1.82, 2.24) is 10.2 Å². The summed E-state index contributed by atoms with van der Waals surface area (Å²) in [6.07, 6.45) is 3.07. The van der Waals surface area contributed by atoms with Gasteiger partial charge in [0, 0.05) is 17.5 Å². The minimum Gasteiger partial charge on any atom is -0.479 e. The van der Waals surface area contributed by atoms with E-state index >= 15 is 0 Å². The Morgan fingerprint density at radius 1 is 1.38 bits per heavy atom. The molecule has 5 nitrogen and oxygen atoms in total. The van der Waals surface area contributed by atoms with Gasteiger partial charge in [0.2, 0.25) is 0 Å². The Hall–Kier alpha value is -1.56. The lowest BCUT2D eigenvalue weighted by molar-refractivity contribution is -0.139. The Kier molecular flexibility index (Phi) is 7.22. The molecule has 2 amide bonds. The third-order valence-electron chi connectivity index (χ3n) is 3.23. The highest BCUT2D eigenvalue weighted by molar-refractivity contribution is 7.10. The Labute approximate surface area is 130 Å². The van der Waals surface area contributed by atoms with Crippen LogP contribution in [-0.2, 0) is 4.79 Å². The molecule has 1 unspecified atom stereocenters. The number of rotatable bonds is 8. The van der Waals surface area contributed by atoms with Crippen molar-refractivity contribution < 1.29 is 14.7 Å². The van der Waals surface area contributed by atoms with Crippen molar-refractivity contribution in [1.29, 1.82) is 0 Å². The van der Waals surface area contributed by atoms with Gasteiger partial charge in [-0.25, -0.2) is 9.59 Å². The highest BCUT2D eigenvalue weighted by Gasteiger charge is 2.26. The standard InChI is InChI=1S/C15H24N2O3S/c1-4-5-6-9-17(11(2)3)15(20)16-13(14(18)19)12-8-7-10-21-12/h7-8,10-11,13H,4-6,9H2,1-3H3,(H,16,20)(H,18,19). The summed E-state index contributed by atoms with van der Waals surface area (Å²) in [5.74, 6) is -1.04. The van der Waals surface area contributed by atoms with E-state index < -0.39 is 12.0 Å². The van der Waals surface area contributed by atoms with Crippen molar-refractivity contribution in [2.45, 2.75) is 52.1 Å². The summed E-state index contributed by atoms with van der Waals surface area (Å²) in [5.41, 5.74) is 0. The number of carboxylic acid groups (broad SMARTS) is 1. The quantitative estimate of drug-likeness (QED) is 0.722. The highest BCUT2D eigenvalue weighted by atomic mass is 32.1. The van der Waals surface area contributed by atoms with Crippen molar-refractivity contribution in [3.05, 3.63) is 22.4 Å². The van der Waals surface area contributed by atoms with Gasteiger partial charge in [-0.15, -0.1) is 11.3 Å². The second-order valence-electron chi connectivity index (χ2n) is 5.23. The molecule has 0 aliphatic rings. The molecule has 0 aromatic carbocycles. The Bertz CT molecular complexity index is 446. The highest BCUT2D eigenvalue weighted by Crippen LogP contribution is 2.19. The molecule has 0 aliphatic carbocycles. The van der Waals surface area contributed by atoms with Crippen LogP contribution in [-0.4, -0.2) is 34.6 Å². The normalized spacial score (nSPS) is 12.2. The fourth-order valence-electron chi connectivity index (χ4n) is 2.04. The molecular weight excluding hydrogens is 288 g/mol. The molecule has 0 saturated carbocycles. The molecule has 2 N–H and O–H groups in total. The van der Waals surface area contributed by atoms with Gasteiger partial charge in [-0.3, -0.25) is 0 Å². The molecule has 1 aromatic rings. The second-order valence-corrected chi connectivity index (χ2v) is 6.21. The largest absolute Gasteiger partial charge is 0.479 e. The van der Waals surface area contributed by atoms with Crippen LogP contribution in [0.1, 0.15) is 51.0 Å². The van der Waals surface area contributed by atoms with E-state index in [0.29, 0.717) is 11.4 Å². The smallest absolute Gasteiger partial charge is 0.331 e. The number of unbranched alkanes of at least 4 members (excludes halogenated alkanes) is 2. The molecule has 0 bridgehead atoms. The maximum Gasteiger partial charge on any atom is 0.331 e. The zero-order valence-electron chi connectivity index (χ0n) is 12.8. The topological polar surface area (TPSA) is 69.6 Å². The molecule has 1 rings (SSSR count).